The van der Waals surface area contributed by atoms with Gasteiger partial charge < -0.3 is 16.0 Å². The predicted molar refractivity (Wildman–Crippen MR) is 96.7 cm³/mol. The number of hydrogen-bond acceptors (Lipinski definition) is 4. The van der Waals surface area contributed by atoms with Gasteiger partial charge in [-0.1, -0.05) is 6.07 Å². The highest BCUT2D eigenvalue weighted by Crippen LogP contribution is 2.19. The normalized spacial score (nSPS) is 18.8. The number of likely N-dealkylation sites (tertiary alicyclic amines) is 1. The molecule has 1 saturated heterocycles. The summed E-state index contributed by atoms with van der Waals surface area (Å²) in [4.78, 5) is 17.9. The Morgan fingerprint density at radius 3 is 2.81 bits per heavy atom. The number of aliphatic imine (C=N–C) groups is 1. The van der Waals surface area contributed by atoms with E-state index in [2.05, 4.69) is 20.9 Å². The quantitative estimate of drug-likeness (QED) is 0.376. The van der Waals surface area contributed by atoms with Crippen LogP contribution in [0.4, 0.5) is 13.2 Å². The van der Waals surface area contributed by atoms with Gasteiger partial charge in [0.15, 0.2) is 5.96 Å². The number of amides is 1. The Hall–Kier alpha value is -1.81. The number of nitrogens with zero attached hydrogens (tertiary/aromatic N) is 2. The zero-order chi connectivity index (χ0) is 19.0. The largest absolute Gasteiger partial charge is 0.401 e. The molecule has 2 rings (SSSR count). The van der Waals surface area contributed by atoms with Gasteiger partial charge in [-0.05, 0) is 24.3 Å². The van der Waals surface area contributed by atoms with Gasteiger partial charge in [0.25, 0.3) is 5.91 Å². The Morgan fingerprint density at radius 1 is 1.38 bits per heavy atom. The fourth-order valence-corrected chi connectivity index (χ4v) is 3.37. The van der Waals surface area contributed by atoms with Gasteiger partial charge in [0.05, 0.1) is 11.4 Å². The third-order valence-electron chi connectivity index (χ3n) is 3.92. The lowest BCUT2D eigenvalue weighted by Crippen LogP contribution is -2.45. The number of carbonyl (C=O) groups excluding carboxylic acids is 1. The summed E-state index contributed by atoms with van der Waals surface area (Å²) in [5.41, 5.74) is 0. The van der Waals surface area contributed by atoms with Crippen molar-refractivity contribution >= 4 is 23.2 Å². The van der Waals surface area contributed by atoms with E-state index in [9.17, 15) is 18.0 Å². The van der Waals surface area contributed by atoms with Gasteiger partial charge in [-0.3, -0.25) is 14.7 Å². The fraction of sp³-hybridized carbons (Fsp3) is 0.625. The number of guanidine groups is 1. The van der Waals surface area contributed by atoms with Crippen molar-refractivity contribution in [2.24, 2.45) is 4.99 Å². The molecule has 2 heterocycles. The zero-order valence-corrected chi connectivity index (χ0v) is 15.4. The highest BCUT2D eigenvalue weighted by atomic mass is 32.1. The molecule has 0 saturated carbocycles. The van der Waals surface area contributed by atoms with Crippen molar-refractivity contribution in [2.45, 2.75) is 25.1 Å². The maximum absolute atomic E-state index is 12.4. The van der Waals surface area contributed by atoms with Crippen molar-refractivity contribution in [1.82, 2.24) is 20.9 Å². The molecule has 1 aromatic heterocycles. The number of halogens is 3. The molecule has 10 heteroatoms. The lowest BCUT2D eigenvalue weighted by Gasteiger charge is -2.19. The van der Waals surface area contributed by atoms with E-state index in [1.54, 1.807) is 13.1 Å². The molecule has 0 aromatic carbocycles. The van der Waals surface area contributed by atoms with Crippen LogP contribution in [-0.2, 0) is 0 Å². The Bertz CT molecular complexity index is 591. The van der Waals surface area contributed by atoms with Crippen molar-refractivity contribution < 1.29 is 18.0 Å². The van der Waals surface area contributed by atoms with Gasteiger partial charge >= 0.3 is 6.18 Å². The number of nitrogens with one attached hydrogen (secondary N) is 3. The SMILES string of the molecule is CN=C(NCCCNC(=O)c1cccs1)NC1CCN(CC(F)(F)F)C1. The fourth-order valence-electron chi connectivity index (χ4n) is 2.73. The van der Waals surface area contributed by atoms with Crippen molar-refractivity contribution in [1.29, 1.82) is 0 Å². The van der Waals surface area contributed by atoms with Crippen LogP contribution in [0.5, 0.6) is 0 Å². The van der Waals surface area contributed by atoms with Gasteiger partial charge in [0.1, 0.15) is 0 Å². The number of hydrogen-bond donors (Lipinski definition) is 3. The Kier molecular flexibility index (Phi) is 7.70. The van der Waals surface area contributed by atoms with E-state index in [4.69, 9.17) is 0 Å². The predicted octanol–water partition coefficient (Wildman–Crippen LogP) is 1.67. The second-order valence-corrected chi connectivity index (χ2v) is 7.01. The molecule has 0 bridgehead atoms. The number of thiophene rings is 1. The average molecular weight is 391 g/mol. The molecule has 26 heavy (non-hydrogen) atoms. The van der Waals surface area contributed by atoms with Crippen LogP contribution >= 0.6 is 11.3 Å². The van der Waals surface area contributed by atoms with Crippen molar-refractivity contribution in [3.63, 3.8) is 0 Å². The molecule has 1 aromatic rings. The summed E-state index contributed by atoms with van der Waals surface area (Å²) in [6, 6.07) is 3.55. The van der Waals surface area contributed by atoms with Crippen LogP contribution in [0.1, 0.15) is 22.5 Å². The second kappa shape index (κ2) is 9.77. The molecule has 0 spiro atoms. The molecule has 1 amide bonds. The molecule has 6 nitrogen and oxygen atoms in total. The van der Waals surface area contributed by atoms with Crippen LogP contribution in [0.15, 0.2) is 22.5 Å². The minimum Gasteiger partial charge on any atom is -0.356 e. The molecular formula is C16H24F3N5OS. The standard InChI is InChI=1S/C16H24F3N5OS/c1-20-15(23-12-5-8-24(10-12)11-16(17,18)19)22-7-3-6-21-14(25)13-4-2-9-26-13/h2,4,9,12H,3,5-8,10-11H2,1H3,(H,21,25)(H2,20,22,23). The van der Waals surface area contributed by atoms with Crippen molar-refractivity contribution in [2.75, 3.05) is 39.8 Å². The van der Waals surface area contributed by atoms with E-state index >= 15 is 0 Å². The molecule has 0 radical (unpaired) electrons. The van der Waals surface area contributed by atoms with Gasteiger partial charge in [-0.25, -0.2) is 0 Å². The summed E-state index contributed by atoms with van der Waals surface area (Å²) in [6.45, 7) is 1.02. The summed E-state index contributed by atoms with van der Waals surface area (Å²) < 4.78 is 37.3. The van der Waals surface area contributed by atoms with Gasteiger partial charge in [-0.15, -0.1) is 11.3 Å². The first-order chi connectivity index (χ1) is 12.4. The summed E-state index contributed by atoms with van der Waals surface area (Å²) >= 11 is 1.39. The molecule has 1 unspecified atom stereocenters. The monoisotopic (exact) mass is 391 g/mol. The summed E-state index contributed by atoms with van der Waals surface area (Å²) in [6.07, 6.45) is -2.81. The maximum Gasteiger partial charge on any atom is 0.401 e. The van der Waals surface area contributed by atoms with Gasteiger partial charge in [0, 0.05) is 39.3 Å². The van der Waals surface area contributed by atoms with Crippen LogP contribution < -0.4 is 16.0 Å². The third-order valence-corrected chi connectivity index (χ3v) is 4.78. The van der Waals surface area contributed by atoms with Crippen LogP contribution in [-0.4, -0.2) is 68.8 Å². The van der Waals surface area contributed by atoms with Gasteiger partial charge in [-0.2, -0.15) is 13.2 Å². The van der Waals surface area contributed by atoms with E-state index in [1.807, 2.05) is 11.4 Å². The second-order valence-electron chi connectivity index (χ2n) is 6.07. The zero-order valence-electron chi connectivity index (χ0n) is 14.6. The molecule has 146 valence electrons. The number of carbonyl (C=O) groups is 1. The van der Waals surface area contributed by atoms with Crippen molar-refractivity contribution in [3.8, 4) is 0 Å². The van der Waals surface area contributed by atoms with E-state index in [0.717, 1.165) is 0 Å². The molecule has 1 aliphatic rings. The minimum atomic E-state index is -4.16. The molecular weight excluding hydrogens is 367 g/mol. The Balaban J connectivity index is 1.60. The molecule has 1 fully saturated rings. The maximum atomic E-state index is 12.4. The highest BCUT2D eigenvalue weighted by Gasteiger charge is 2.34. The topological polar surface area (TPSA) is 68.8 Å². The van der Waals surface area contributed by atoms with E-state index in [-0.39, 0.29) is 11.9 Å². The summed E-state index contributed by atoms with van der Waals surface area (Å²) in [7, 11) is 1.62. The van der Waals surface area contributed by atoms with E-state index in [0.29, 0.717) is 49.9 Å². The number of alkyl halides is 3. The van der Waals surface area contributed by atoms with Crippen LogP contribution in [0, 0.1) is 0 Å². The smallest absolute Gasteiger partial charge is 0.356 e. The third kappa shape index (κ3) is 7.20. The molecule has 1 atom stereocenters. The minimum absolute atomic E-state index is 0.0536. The van der Waals surface area contributed by atoms with E-state index in [1.165, 1.54) is 16.2 Å². The average Bonchev–Trinajstić information content (AvgIpc) is 3.23. The summed E-state index contributed by atoms with van der Waals surface area (Å²) in [5.74, 6) is 0.478. The van der Waals surface area contributed by atoms with Crippen LogP contribution in [0.25, 0.3) is 0 Å². The van der Waals surface area contributed by atoms with Gasteiger partial charge in [0.2, 0.25) is 0 Å². The molecule has 0 aliphatic carbocycles. The summed E-state index contributed by atoms with van der Waals surface area (Å²) in [5, 5.41) is 11.0. The Morgan fingerprint density at radius 2 is 2.15 bits per heavy atom. The highest BCUT2D eigenvalue weighted by molar-refractivity contribution is 7.12. The first kappa shape index (κ1) is 20.5. The molecule has 1 aliphatic heterocycles. The molecule has 3 N–H and O–H groups in total. The lowest BCUT2D eigenvalue weighted by atomic mass is 10.3. The Labute approximate surface area is 154 Å². The lowest BCUT2D eigenvalue weighted by molar-refractivity contribution is -0.143. The van der Waals surface area contributed by atoms with Crippen molar-refractivity contribution in [3.05, 3.63) is 22.4 Å². The first-order valence-corrected chi connectivity index (χ1v) is 9.33. The van der Waals surface area contributed by atoms with E-state index < -0.39 is 12.7 Å². The number of rotatable bonds is 7. The first-order valence-electron chi connectivity index (χ1n) is 8.45. The van der Waals surface area contributed by atoms with Crippen LogP contribution in [0.3, 0.4) is 0 Å². The van der Waals surface area contributed by atoms with Crippen LogP contribution in [0.2, 0.25) is 0 Å².